The Morgan fingerprint density at radius 3 is 2.57 bits per heavy atom. The molecule has 1 aliphatic rings. The second-order valence-corrected chi connectivity index (χ2v) is 6.39. The minimum absolute atomic E-state index is 0.770. The molecule has 0 saturated carbocycles. The number of halogens is 1. The third kappa shape index (κ3) is 5.50. The third-order valence-electron chi connectivity index (χ3n) is 4.18. The van der Waals surface area contributed by atoms with Gasteiger partial charge in [0.2, 0.25) is 0 Å². The summed E-state index contributed by atoms with van der Waals surface area (Å²) in [7, 11) is 3.88. The molecule has 118 valence electrons. The van der Waals surface area contributed by atoms with Crippen LogP contribution in [0.1, 0.15) is 31.2 Å². The van der Waals surface area contributed by atoms with E-state index in [2.05, 4.69) is 16.8 Å². The van der Waals surface area contributed by atoms with Gasteiger partial charge in [0.05, 0.1) is 7.11 Å². The van der Waals surface area contributed by atoms with Crippen LogP contribution >= 0.6 is 11.6 Å². The molecule has 0 bridgehead atoms. The normalized spacial score (nSPS) is 17.0. The van der Waals surface area contributed by atoms with Gasteiger partial charge in [0.15, 0.2) is 0 Å². The average Bonchev–Trinajstić information content (AvgIpc) is 2.74. The van der Waals surface area contributed by atoms with Crippen LogP contribution < -0.4 is 4.74 Å². The minimum Gasteiger partial charge on any atom is -0.496 e. The first-order valence-electron chi connectivity index (χ1n) is 7.92. The zero-order chi connectivity index (χ0) is 15.1. The molecule has 0 unspecified atom stereocenters. The van der Waals surface area contributed by atoms with Crippen LogP contribution in [0.5, 0.6) is 5.75 Å². The Kier molecular flexibility index (Phi) is 6.81. The molecule has 1 aliphatic heterocycles. The van der Waals surface area contributed by atoms with Gasteiger partial charge in [0.1, 0.15) is 5.75 Å². The highest BCUT2D eigenvalue weighted by Crippen LogP contribution is 2.23. The molecule has 0 amide bonds. The van der Waals surface area contributed by atoms with Crippen LogP contribution in [0, 0.1) is 0 Å². The number of ether oxygens (including phenoxy) is 1. The molecule has 0 radical (unpaired) electrons. The van der Waals surface area contributed by atoms with Gasteiger partial charge in [-0.05, 0) is 51.2 Å². The SMILES string of the molecule is COc1ccc(Cl)cc1CN(C)CCN1CCCCCC1. The maximum Gasteiger partial charge on any atom is 0.123 e. The topological polar surface area (TPSA) is 15.7 Å². The largest absolute Gasteiger partial charge is 0.496 e. The molecule has 1 heterocycles. The zero-order valence-corrected chi connectivity index (χ0v) is 14.0. The van der Waals surface area contributed by atoms with E-state index in [0.717, 1.165) is 36.0 Å². The highest BCUT2D eigenvalue weighted by Gasteiger charge is 2.11. The molecule has 0 N–H and O–H groups in total. The van der Waals surface area contributed by atoms with Gasteiger partial charge in [0.25, 0.3) is 0 Å². The van der Waals surface area contributed by atoms with E-state index >= 15 is 0 Å². The smallest absolute Gasteiger partial charge is 0.123 e. The van der Waals surface area contributed by atoms with Crippen molar-refractivity contribution in [2.45, 2.75) is 32.2 Å². The monoisotopic (exact) mass is 310 g/mol. The Labute approximate surface area is 133 Å². The van der Waals surface area contributed by atoms with Crippen molar-refractivity contribution in [2.75, 3.05) is 40.3 Å². The van der Waals surface area contributed by atoms with Crippen molar-refractivity contribution in [3.8, 4) is 5.75 Å². The average molecular weight is 311 g/mol. The Balaban J connectivity index is 1.83. The van der Waals surface area contributed by atoms with Crippen LogP contribution in [0.4, 0.5) is 0 Å². The van der Waals surface area contributed by atoms with Crippen molar-refractivity contribution < 1.29 is 4.74 Å². The highest BCUT2D eigenvalue weighted by atomic mass is 35.5. The van der Waals surface area contributed by atoms with Crippen molar-refractivity contribution in [3.63, 3.8) is 0 Å². The van der Waals surface area contributed by atoms with E-state index in [1.54, 1.807) is 7.11 Å². The van der Waals surface area contributed by atoms with Gasteiger partial charge in [-0.25, -0.2) is 0 Å². The van der Waals surface area contributed by atoms with E-state index in [-0.39, 0.29) is 0 Å². The molecule has 0 aromatic heterocycles. The minimum atomic E-state index is 0.770. The Morgan fingerprint density at radius 1 is 1.19 bits per heavy atom. The molecule has 1 aromatic rings. The van der Waals surface area contributed by atoms with Crippen molar-refractivity contribution in [3.05, 3.63) is 28.8 Å². The summed E-state index contributed by atoms with van der Waals surface area (Å²) in [4.78, 5) is 4.94. The molecule has 0 aliphatic carbocycles. The Hall–Kier alpha value is -0.770. The number of benzene rings is 1. The summed E-state index contributed by atoms with van der Waals surface area (Å²) >= 11 is 6.09. The number of nitrogens with zero attached hydrogens (tertiary/aromatic N) is 2. The van der Waals surface area contributed by atoms with E-state index in [9.17, 15) is 0 Å². The van der Waals surface area contributed by atoms with Gasteiger partial charge in [-0.2, -0.15) is 0 Å². The second kappa shape index (κ2) is 8.62. The van der Waals surface area contributed by atoms with Gasteiger partial charge in [-0.3, -0.25) is 0 Å². The number of likely N-dealkylation sites (N-methyl/N-ethyl adjacent to an activating group) is 1. The fraction of sp³-hybridized carbons (Fsp3) is 0.647. The van der Waals surface area contributed by atoms with Crippen LogP contribution in [0.3, 0.4) is 0 Å². The van der Waals surface area contributed by atoms with Gasteiger partial charge in [-0.15, -0.1) is 0 Å². The fourth-order valence-corrected chi connectivity index (χ4v) is 3.11. The molecule has 1 aromatic carbocycles. The molecule has 1 fully saturated rings. The lowest BCUT2D eigenvalue weighted by molar-refractivity contribution is 0.226. The second-order valence-electron chi connectivity index (χ2n) is 5.95. The molecule has 3 nitrogen and oxygen atoms in total. The van der Waals surface area contributed by atoms with Crippen LogP contribution in [-0.2, 0) is 6.54 Å². The van der Waals surface area contributed by atoms with Crippen LogP contribution in [0.25, 0.3) is 0 Å². The van der Waals surface area contributed by atoms with E-state index in [0.29, 0.717) is 0 Å². The Bertz CT molecular complexity index is 431. The molecular weight excluding hydrogens is 284 g/mol. The predicted molar refractivity (Wildman–Crippen MR) is 89.2 cm³/mol. The summed E-state index contributed by atoms with van der Waals surface area (Å²) in [6, 6.07) is 5.82. The van der Waals surface area contributed by atoms with E-state index in [1.807, 2.05) is 18.2 Å². The standard InChI is InChI=1S/C17H27ClN2O/c1-19(11-12-20-9-5-3-4-6-10-20)14-15-13-16(18)7-8-17(15)21-2/h7-8,13H,3-6,9-12,14H2,1-2H3. The van der Waals surface area contributed by atoms with Crippen LogP contribution in [0.15, 0.2) is 18.2 Å². The predicted octanol–water partition coefficient (Wildman–Crippen LogP) is 3.66. The molecule has 0 spiro atoms. The van der Waals surface area contributed by atoms with Crippen molar-refractivity contribution >= 4 is 11.6 Å². The number of hydrogen-bond acceptors (Lipinski definition) is 3. The summed E-state index contributed by atoms with van der Waals surface area (Å²) < 4.78 is 5.42. The fourth-order valence-electron chi connectivity index (χ4n) is 2.91. The summed E-state index contributed by atoms with van der Waals surface area (Å²) in [5.41, 5.74) is 1.16. The molecular formula is C17H27ClN2O. The maximum atomic E-state index is 6.09. The van der Waals surface area contributed by atoms with E-state index in [1.165, 1.54) is 38.8 Å². The number of rotatable bonds is 6. The summed E-state index contributed by atoms with van der Waals surface area (Å²) in [5, 5.41) is 0.770. The Morgan fingerprint density at radius 2 is 1.90 bits per heavy atom. The van der Waals surface area contributed by atoms with Crippen molar-refractivity contribution in [1.82, 2.24) is 9.80 Å². The van der Waals surface area contributed by atoms with Gasteiger partial charge < -0.3 is 14.5 Å². The molecule has 4 heteroatoms. The quantitative estimate of drug-likeness (QED) is 0.797. The molecule has 21 heavy (non-hydrogen) atoms. The first-order valence-corrected chi connectivity index (χ1v) is 8.30. The summed E-state index contributed by atoms with van der Waals surface area (Å²) in [5.74, 6) is 0.918. The lowest BCUT2D eigenvalue weighted by Gasteiger charge is -2.24. The third-order valence-corrected chi connectivity index (χ3v) is 4.41. The van der Waals surface area contributed by atoms with E-state index in [4.69, 9.17) is 16.3 Å². The summed E-state index contributed by atoms with van der Waals surface area (Å²) in [6.07, 6.45) is 5.50. The van der Waals surface area contributed by atoms with Crippen LogP contribution in [-0.4, -0.2) is 50.1 Å². The lowest BCUT2D eigenvalue weighted by Crippen LogP contribution is -2.33. The van der Waals surface area contributed by atoms with Crippen molar-refractivity contribution in [2.24, 2.45) is 0 Å². The van der Waals surface area contributed by atoms with Gasteiger partial charge >= 0.3 is 0 Å². The number of likely N-dealkylation sites (tertiary alicyclic amines) is 1. The first kappa shape index (κ1) is 16.6. The summed E-state index contributed by atoms with van der Waals surface area (Å²) in [6.45, 7) is 5.62. The highest BCUT2D eigenvalue weighted by molar-refractivity contribution is 6.30. The number of hydrogen-bond donors (Lipinski definition) is 0. The molecule has 2 rings (SSSR count). The lowest BCUT2D eigenvalue weighted by atomic mass is 10.2. The van der Waals surface area contributed by atoms with E-state index < -0.39 is 0 Å². The molecule has 0 atom stereocenters. The van der Waals surface area contributed by atoms with Crippen molar-refractivity contribution in [1.29, 1.82) is 0 Å². The first-order chi connectivity index (χ1) is 10.2. The maximum absolute atomic E-state index is 6.09. The number of methoxy groups -OCH3 is 1. The van der Waals surface area contributed by atoms with Gasteiger partial charge in [-0.1, -0.05) is 24.4 Å². The zero-order valence-electron chi connectivity index (χ0n) is 13.3. The van der Waals surface area contributed by atoms with Crippen LogP contribution in [0.2, 0.25) is 5.02 Å². The van der Waals surface area contributed by atoms with Gasteiger partial charge in [0, 0.05) is 30.2 Å². The molecule has 1 saturated heterocycles.